The number of methoxy groups -OCH3 is 1. The van der Waals surface area contributed by atoms with Gasteiger partial charge in [-0.3, -0.25) is 0 Å². The summed E-state index contributed by atoms with van der Waals surface area (Å²) in [6, 6.07) is 8.16. The first-order valence-corrected chi connectivity index (χ1v) is 7.90. The number of para-hydroxylation sites is 1. The largest absolute Gasteiger partial charge is 0.467 e. The van der Waals surface area contributed by atoms with E-state index in [1.54, 1.807) is 0 Å². The Morgan fingerprint density at radius 3 is 2.64 bits per heavy atom. The van der Waals surface area contributed by atoms with Crippen LogP contribution >= 0.6 is 0 Å². The molecule has 1 saturated carbocycles. The van der Waals surface area contributed by atoms with Crippen molar-refractivity contribution in [1.82, 2.24) is 4.57 Å². The van der Waals surface area contributed by atoms with Crippen LogP contribution in [0.25, 0.3) is 10.9 Å². The molecule has 0 amide bonds. The molecule has 0 saturated heterocycles. The molecular weight excluding hydrogens is 278 g/mol. The van der Waals surface area contributed by atoms with E-state index in [1.807, 2.05) is 19.2 Å². The first kappa shape index (κ1) is 15.1. The van der Waals surface area contributed by atoms with Crippen LogP contribution < -0.4 is 0 Å². The smallest absolute Gasteiger partial charge is 0.335 e. The number of carbonyl (C=O) groups is 1. The van der Waals surface area contributed by atoms with Crippen LogP contribution in [0.15, 0.2) is 30.5 Å². The molecule has 118 valence electrons. The molecule has 1 N–H and O–H groups in total. The molecule has 1 heterocycles. The van der Waals surface area contributed by atoms with Gasteiger partial charge in [-0.15, -0.1) is 0 Å². The van der Waals surface area contributed by atoms with Crippen LogP contribution in [-0.2, 0) is 22.0 Å². The highest BCUT2D eigenvalue weighted by Gasteiger charge is 2.46. The first-order valence-electron chi connectivity index (χ1n) is 7.90. The van der Waals surface area contributed by atoms with Gasteiger partial charge in [-0.05, 0) is 24.5 Å². The van der Waals surface area contributed by atoms with Crippen molar-refractivity contribution in [2.45, 2.75) is 43.6 Å². The molecule has 4 nitrogen and oxygen atoms in total. The number of nitrogens with zero attached hydrogens (tertiary/aromatic N) is 1. The average molecular weight is 301 g/mol. The standard InChI is InChI=1S/C18H23NO3/c1-19-12-14(13-8-4-5-9-15(13)19)18(10-6-3-7-11-18)16(20)17(21)22-2/h4-5,8-9,12,16,20H,3,6-7,10-11H2,1-2H3. The number of hydrogen-bond acceptors (Lipinski definition) is 3. The summed E-state index contributed by atoms with van der Waals surface area (Å²) in [6.07, 6.45) is 5.80. The monoisotopic (exact) mass is 301 g/mol. The molecule has 0 aliphatic heterocycles. The van der Waals surface area contributed by atoms with Crippen LogP contribution in [0.1, 0.15) is 37.7 Å². The third kappa shape index (κ3) is 2.22. The number of rotatable bonds is 3. The van der Waals surface area contributed by atoms with Gasteiger partial charge >= 0.3 is 5.97 Å². The second-order valence-electron chi connectivity index (χ2n) is 6.31. The minimum absolute atomic E-state index is 0.533. The maximum atomic E-state index is 12.1. The van der Waals surface area contributed by atoms with Crippen LogP contribution in [0.5, 0.6) is 0 Å². The Kier molecular flexibility index (Phi) is 3.96. The van der Waals surface area contributed by atoms with Gasteiger partial charge in [-0.25, -0.2) is 4.79 Å². The molecule has 1 aromatic carbocycles. The van der Waals surface area contributed by atoms with Gasteiger partial charge in [-0.2, -0.15) is 0 Å². The molecule has 1 unspecified atom stereocenters. The number of benzene rings is 1. The maximum absolute atomic E-state index is 12.1. The second-order valence-corrected chi connectivity index (χ2v) is 6.31. The van der Waals surface area contributed by atoms with Crippen molar-refractivity contribution < 1.29 is 14.6 Å². The number of aromatic nitrogens is 1. The molecule has 1 aromatic heterocycles. The predicted octanol–water partition coefficient (Wildman–Crippen LogP) is 2.91. The van der Waals surface area contributed by atoms with Gasteiger partial charge in [0, 0.05) is 29.6 Å². The zero-order valence-corrected chi connectivity index (χ0v) is 13.2. The molecular formula is C18H23NO3. The highest BCUT2D eigenvalue weighted by molar-refractivity contribution is 5.87. The van der Waals surface area contributed by atoms with Crippen molar-refractivity contribution in [3.8, 4) is 0 Å². The van der Waals surface area contributed by atoms with Gasteiger partial charge in [0.2, 0.25) is 0 Å². The average Bonchev–Trinajstić information content (AvgIpc) is 2.92. The third-order valence-electron chi connectivity index (χ3n) is 5.13. The highest BCUT2D eigenvalue weighted by atomic mass is 16.5. The molecule has 0 radical (unpaired) electrons. The lowest BCUT2D eigenvalue weighted by atomic mass is 9.66. The molecule has 1 atom stereocenters. The van der Waals surface area contributed by atoms with Gasteiger partial charge in [0.1, 0.15) is 0 Å². The lowest BCUT2D eigenvalue weighted by Gasteiger charge is -2.40. The first-order chi connectivity index (χ1) is 10.6. The van der Waals surface area contributed by atoms with Crippen molar-refractivity contribution in [1.29, 1.82) is 0 Å². The number of esters is 1. The molecule has 1 fully saturated rings. The molecule has 3 rings (SSSR count). The zero-order chi connectivity index (χ0) is 15.7. The minimum atomic E-state index is -1.11. The third-order valence-corrected chi connectivity index (χ3v) is 5.13. The van der Waals surface area contributed by atoms with E-state index in [0.29, 0.717) is 0 Å². The van der Waals surface area contributed by atoms with E-state index in [0.717, 1.165) is 48.6 Å². The van der Waals surface area contributed by atoms with Crippen LogP contribution in [0.4, 0.5) is 0 Å². The fraction of sp³-hybridized carbons (Fsp3) is 0.500. The van der Waals surface area contributed by atoms with E-state index in [1.165, 1.54) is 7.11 Å². The van der Waals surface area contributed by atoms with Crippen LogP contribution in [-0.4, -0.2) is 28.9 Å². The van der Waals surface area contributed by atoms with Crippen LogP contribution in [0.2, 0.25) is 0 Å². The summed E-state index contributed by atoms with van der Waals surface area (Å²) >= 11 is 0. The second kappa shape index (κ2) is 5.76. The van der Waals surface area contributed by atoms with E-state index >= 15 is 0 Å². The van der Waals surface area contributed by atoms with Crippen LogP contribution in [0, 0.1) is 0 Å². The Labute approximate surface area is 130 Å². The maximum Gasteiger partial charge on any atom is 0.335 e. The van der Waals surface area contributed by atoms with Gasteiger partial charge in [-0.1, -0.05) is 37.5 Å². The van der Waals surface area contributed by atoms with Gasteiger partial charge in [0.25, 0.3) is 0 Å². The van der Waals surface area contributed by atoms with Gasteiger partial charge in [0.15, 0.2) is 6.10 Å². The molecule has 22 heavy (non-hydrogen) atoms. The van der Waals surface area contributed by atoms with Crippen molar-refractivity contribution in [2.75, 3.05) is 7.11 Å². The summed E-state index contributed by atoms with van der Waals surface area (Å²) < 4.78 is 6.91. The van der Waals surface area contributed by atoms with Crippen molar-refractivity contribution in [2.24, 2.45) is 7.05 Å². The van der Waals surface area contributed by atoms with E-state index in [2.05, 4.69) is 22.9 Å². The minimum Gasteiger partial charge on any atom is -0.467 e. The zero-order valence-electron chi connectivity index (χ0n) is 13.2. The number of hydrogen-bond donors (Lipinski definition) is 1. The molecule has 4 heteroatoms. The molecule has 0 bridgehead atoms. The van der Waals surface area contributed by atoms with E-state index in [-0.39, 0.29) is 0 Å². The van der Waals surface area contributed by atoms with Crippen molar-refractivity contribution in [3.63, 3.8) is 0 Å². The SMILES string of the molecule is COC(=O)C(O)C1(c2cn(C)c3ccccc23)CCCCC1. The number of ether oxygens (including phenoxy) is 1. The fourth-order valence-corrected chi connectivity index (χ4v) is 3.95. The Balaban J connectivity index is 2.18. The van der Waals surface area contributed by atoms with Crippen molar-refractivity contribution >= 4 is 16.9 Å². The summed E-state index contributed by atoms with van der Waals surface area (Å²) in [7, 11) is 3.35. The highest BCUT2D eigenvalue weighted by Crippen LogP contribution is 2.45. The van der Waals surface area contributed by atoms with E-state index in [4.69, 9.17) is 4.74 Å². The Morgan fingerprint density at radius 1 is 1.27 bits per heavy atom. The summed E-state index contributed by atoms with van der Waals surface area (Å²) in [5.74, 6) is -0.533. The molecule has 0 spiro atoms. The van der Waals surface area contributed by atoms with Gasteiger partial charge < -0.3 is 14.4 Å². The van der Waals surface area contributed by atoms with E-state index < -0.39 is 17.5 Å². The lowest BCUT2D eigenvalue weighted by molar-refractivity contribution is -0.155. The normalized spacial score (nSPS) is 19.0. The molecule has 2 aromatic rings. The Morgan fingerprint density at radius 2 is 1.95 bits per heavy atom. The number of aliphatic hydroxyl groups excluding tert-OH is 1. The Bertz CT molecular complexity index is 683. The van der Waals surface area contributed by atoms with E-state index in [9.17, 15) is 9.90 Å². The lowest BCUT2D eigenvalue weighted by Crippen LogP contribution is -2.46. The number of aliphatic hydroxyl groups is 1. The molecule has 1 aliphatic carbocycles. The summed E-state index contributed by atoms with van der Waals surface area (Å²) in [5, 5.41) is 11.9. The number of aryl methyl sites for hydroxylation is 1. The summed E-state index contributed by atoms with van der Waals surface area (Å²) in [6.45, 7) is 0. The van der Waals surface area contributed by atoms with Crippen LogP contribution in [0.3, 0.4) is 0 Å². The predicted molar refractivity (Wildman–Crippen MR) is 85.7 cm³/mol. The topological polar surface area (TPSA) is 51.5 Å². The number of carbonyl (C=O) groups excluding carboxylic acids is 1. The number of fused-ring (bicyclic) bond motifs is 1. The quantitative estimate of drug-likeness (QED) is 0.887. The Hall–Kier alpha value is -1.81. The van der Waals surface area contributed by atoms with Crippen molar-refractivity contribution in [3.05, 3.63) is 36.0 Å². The fourth-order valence-electron chi connectivity index (χ4n) is 3.95. The summed E-state index contributed by atoms with van der Waals surface area (Å²) in [5.41, 5.74) is 1.66. The summed E-state index contributed by atoms with van der Waals surface area (Å²) in [4.78, 5) is 12.1. The van der Waals surface area contributed by atoms with Gasteiger partial charge in [0.05, 0.1) is 7.11 Å². The molecule has 1 aliphatic rings.